The summed E-state index contributed by atoms with van der Waals surface area (Å²) >= 11 is 0. The number of carbonyl (C=O) groups excluding carboxylic acids is 1. The van der Waals surface area contributed by atoms with Crippen LogP contribution in [-0.2, 0) is 14.8 Å². The van der Waals surface area contributed by atoms with Crippen LogP contribution in [0.5, 0.6) is 0 Å². The molecule has 156 valence electrons. The molecule has 0 saturated carbocycles. The van der Waals surface area contributed by atoms with Gasteiger partial charge in [0.05, 0.1) is 4.90 Å². The fraction of sp³-hybridized carbons (Fsp3) is 0.286. The molecule has 1 aliphatic heterocycles. The topological polar surface area (TPSA) is 105 Å². The van der Waals surface area contributed by atoms with E-state index in [9.17, 15) is 13.2 Å². The first-order chi connectivity index (χ1) is 14.3. The lowest BCUT2D eigenvalue weighted by atomic mass is 10.1. The van der Waals surface area contributed by atoms with Gasteiger partial charge in [0.15, 0.2) is 0 Å². The van der Waals surface area contributed by atoms with Gasteiger partial charge in [-0.1, -0.05) is 11.2 Å². The van der Waals surface area contributed by atoms with E-state index in [1.54, 1.807) is 30.3 Å². The molecule has 2 heterocycles. The Balaban J connectivity index is 1.58. The largest absolute Gasteiger partial charge is 0.334 e. The van der Waals surface area contributed by atoms with E-state index in [0.717, 1.165) is 18.4 Å². The van der Waals surface area contributed by atoms with Gasteiger partial charge in [0.2, 0.25) is 21.8 Å². The maximum atomic E-state index is 12.7. The van der Waals surface area contributed by atoms with Crippen LogP contribution in [0.4, 0.5) is 5.69 Å². The van der Waals surface area contributed by atoms with Gasteiger partial charge >= 0.3 is 0 Å². The highest BCUT2D eigenvalue weighted by Crippen LogP contribution is 2.28. The summed E-state index contributed by atoms with van der Waals surface area (Å²) in [5.74, 6) is 0.507. The van der Waals surface area contributed by atoms with Crippen molar-refractivity contribution < 1.29 is 17.7 Å². The number of hydrogen-bond acceptors (Lipinski definition) is 6. The molecule has 2 aromatic carbocycles. The molecule has 0 aliphatic carbocycles. The first kappa shape index (κ1) is 20.2. The molecule has 0 unspecified atom stereocenters. The Hall–Kier alpha value is -3.04. The molecule has 0 spiro atoms. The average molecular weight is 426 g/mol. The second-order valence-corrected chi connectivity index (χ2v) is 9.21. The number of carbonyl (C=O) groups is 1. The molecule has 1 saturated heterocycles. The highest BCUT2D eigenvalue weighted by atomic mass is 32.2. The van der Waals surface area contributed by atoms with Crippen molar-refractivity contribution in [1.82, 2.24) is 14.4 Å². The zero-order valence-corrected chi connectivity index (χ0v) is 17.6. The molecule has 0 bridgehead atoms. The summed E-state index contributed by atoms with van der Waals surface area (Å²) in [4.78, 5) is 16.1. The second kappa shape index (κ2) is 8.00. The zero-order valence-electron chi connectivity index (χ0n) is 16.8. The lowest BCUT2D eigenvalue weighted by Crippen LogP contribution is -2.27. The van der Waals surface area contributed by atoms with Gasteiger partial charge in [-0.05, 0) is 61.7 Å². The van der Waals surface area contributed by atoms with Gasteiger partial charge in [-0.3, -0.25) is 4.79 Å². The predicted octanol–water partition coefficient (Wildman–Crippen LogP) is 3.45. The predicted molar refractivity (Wildman–Crippen MR) is 112 cm³/mol. The molecule has 9 heteroatoms. The third-order valence-electron chi connectivity index (χ3n) is 5.04. The smallest absolute Gasteiger partial charge is 0.258 e. The number of hydrogen-bond donors (Lipinski definition) is 1. The van der Waals surface area contributed by atoms with E-state index in [-0.39, 0.29) is 10.8 Å². The number of nitrogens with zero attached hydrogens (tertiary/aromatic N) is 3. The average Bonchev–Trinajstić information content (AvgIpc) is 3.42. The van der Waals surface area contributed by atoms with Crippen molar-refractivity contribution in [1.29, 1.82) is 0 Å². The van der Waals surface area contributed by atoms with E-state index in [0.29, 0.717) is 41.6 Å². The van der Waals surface area contributed by atoms with Gasteiger partial charge in [0.25, 0.3) is 5.89 Å². The minimum absolute atomic E-state index is 0.162. The monoisotopic (exact) mass is 426 g/mol. The van der Waals surface area contributed by atoms with Crippen LogP contribution in [0.3, 0.4) is 0 Å². The van der Waals surface area contributed by atoms with Crippen molar-refractivity contribution in [3.05, 3.63) is 48.0 Å². The molecule has 1 aliphatic rings. The Morgan fingerprint density at radius 1 is 1.07 bits per heavy atom. The number of aromatic nitrogens is 2. The number of anilines is 1. The Bertz CT molecular complexity index is 1180. The van der Waals surface area contributed by atoms with Crippen molar-refractivity contribution in [2.24, 2.45) is 0 Å². The molecule has 0 atom stereocenters. The first-order valence-corrected chi connectivity index (χ1v) is 11.1. The summed E-state index contributed by atoms with van der Waals surface area (Å²) in [5, 5.41) is 6.79. The molecular formula is C21H22N4O4S. The van der Waals surface area contributed by atoms with Crippen molar-refractivity contribution in [2.75, 3.05) is 18.4 Å². The number of benzene rings is 2. The Labute approximate surface area is 175 Å². The molecule has 1 amide bonds. The number of amides is 1. The Kier molecular flexibility index (Phi) is 5.40. The molecule has 8 nitrogen and oxygen atoms in total. The summed E-state index contributed by atoms with van der Waals surface area (Å²) in [5.41, 5.74) is 2.93. The van der Waals surface area contributed by atoms with Crippen molar-refractivity contribution >= 4 is 21.6 Å². The fourth-order valence-electron chi connectivity index (χ4n) is 3.39. The minimum atomic E-state index is -3.46. The van der Waals surface area contributed by atoms with E-state index in [1.165, 1.54) is 11.2 Å². The molecule has 1 aromatic heterocycles. The SMILES string of the molecule is CC(=O)Nc1cc(-c2nc(-c3ccc(S(=O)(=O)N4CCCC4)cc3)no2)ccc1C. The normalized spacial score (nSPS) is 14.7. The Morgan fingerprint density at radius 2 is 1.73 bits per heavy atom. The molecule has 0 radical (unpaired) electrons. The molecule has 1 N–H and O–H groups in total. The maximum absolute atomic E-state index is 12.7. The van der Waals surface area contributed by atoms with Crippen LogP contribution in [0.1, 0.15) is 25.3 Å². The van der Waals surface area contributed by atoms with E-state index in [2.05, 4.69) is 15.5 Å². The minimum Gasteiger partial charge on any atom is -0.334 e. The third-order valence-corrected chi connectivity index (χ3v) is 6.95. The van der Waals surface area contributed by atoms with Crippen LogP contribution in [0, 0.1) is 6.92 Å². The van der Waals surface area contributed by atoms with Crippen molar-refractivity contribution in [2.45, 2.75) is 31.6 Å². The molecule has 4 rings (SSSR count). The first-order valence-electron chi connectivity index (χ1n) is 9.67. The molecule has 3 aromatic rings. The molecule has 30 heavy (non-hydrogen) atoms. The van der Waals surface area contributed by atoms with E-state index in [4.69, 9.17) is 4.52 Å². The fourth-order valence-corrected chi connectivity index (χ4v) is 4.91. The molecular weight excluding hydrogens is 404 g/mol. The van der Waals surface area contributed by atoms with Crippen LogP contribution in [0.15, 0.2) is 51.9 Å². The van der Waals surface area contributed by atoms with Gasteiger partial charge in [0.1, 0.15) is 0 Å². The number of sulfonamides is 1. The van der Waals surface area contributed by atoms with Gasteiger partial charge in [-0.2, -0.15) is 9.29 Å². The van der Waals surface area contributed by atoms with Crippen LogP contribution in [0.2, 0.25) is 0 Å². The van der Waals surface area contributed by atoms with Crippen molar-refractivity contribution in [3.63, 3.8) is 0 Å². The highest BCUT2D eigenvalue weighted by Gasteiger charge is 2.27. The summed E-state index contributed by atoms with van der Waals surface area (Å²) in [6, 6.07) is 12.0. The van der Waals surface area contributed by atoms with E-state index in [1.807, 2.05) is 19.1 Å². The van der Waals surface area contributed by atoms with E-state index < -0.39 is 10.0 Å². The summed E-state index contributed by atoms with van der Waals surface area (Å²) in [6.45, 7) is 4.47. The van der Waals surface area contributed by atoms with Crippen LogP contribution >= 0.6 is 0 Å². The lowest BCUT2D eigenvalue weighted by molar-refractivity contribution is -0.114. The summed E-state index contributed by atoms with van der Waals surface area (Å²) in [6.07, 6.45) is 1.79. The molecule has 1 fully saturated rings. The Morgan fingerprint density at radius 3 is 2.40 bits per heavy atom. The highest BCUT2D eigenvalue weighted by molar-refractivity contribution is 7.89. The quantitative estimate of drug-likeness (QED) is 0.670. The van der Waals surface area contributed by atoms with Gasteiger partial charge in [-0.25, -0.2) is 8.42 Å². The van der Waals surface area contributed by atoms with Crippen LogP contribution in [0.25, 0.3) is 22.8 Å². The zero-order chi connectivity index (χ0) is 21.3. The lowest BCUT2D eigenvalue weighted by Gasteiger charge is -2.15. The van der Waals surface area contributed by atoms with Crippen LogP contribution in [-0.4, -0.2) is 41.9 Å². The number of nitrogens with one attached hydrogen (secondary N) is 1. The maximum Gasteiger partial charge on any atom is 0.258 e. The van der Waals surface area contributed by atoms with Crippen LogP contribution < -0.4 is 5.32 Å². The standard InChI is InChI=1S/C21H22N4O4S/c1-14-5-6-17(13-19(14)22-15(2)26)21-23-20(24-29-21)16-7-9-18(10-8-16)30(27,28)25-11-3-4-12-25/h5-10,13H,3-4,11-12H2,1-2H3,(H,22,26). The van der Waals surface area contributed by atoms with E-state index >= 15 is 0 Å². The van der Waals surface area contributed by atoms with Gasteiger partial charge < -0.3 is 9.84 Å². The number of rotatable bonds is 5. The summed E-state index contributed by atoms with van der Waals surface area (Å²) < 4.78 is 32.2. The van der Waals surface area contributed by atoms with Crippen molar-refractivity contribution in [3.8, 4) is 22.8 Å². The van der Waals surface area contributed by atoms with Gasteiger partial charge in [-0.15, -0.1) is 0 Å². The summed E-state index contributed by atoms with van der Waals surface area (Å²) in [7, 11) is -3.46. The van der Waals surface area contributed by atoms with Gasteiger partial charge in [0, 0.05) is 36.8 Å². The third kappa shape index (κ3) is 3.99. The second-order valence-electron chi connectivity index (χ2n) is 7.27. The number of aryl methyl sites for hydroxylation is 1.